The van der Waals surface area contributed by atoms with Gasteiger partial charge in [0.05, 0.1) is 13.7 Å². The minimum Gasteiger partial charge on any atom is -0.497 e. The van der Waals surface area contributed by atoms with Gasteiger partial charge >= 0.3 is 12.1 Å². The maximum absolute atomic E-state index is 13.1. The van der Waals surface area contributed by atoms with E-state index in [4.69, 9.17) is 4.74 Å². The van der Waals surface area contributed by atoms with Gasteiger partial charge < -0.3 is 20.3 Å². The molecule has 11 heteroatoms. The van der Waals surface area contributed by atoms with Crippen molar-refractivity contribution in [3.63, 3.8) is 0 Å². The van der Waals surface area contributed by atoms with E-state index in [-0.39, 0.29) is 24.9 Å². The summed E-state index contributed by atoms with van der Waals surface area (Å²) in [5, 5.41) is 10.0. The zero-order valence-corrected chi connectivity index (χ0v) is 22.9. The van der Waals surface area contributed by atoms with Crippen LogP contribution >= 0.6 is 0 Å². The van der Waals surface area contributed by atoms with Gasteiger partial charge in [-0.15, -0.1) is 0 Å². The minimum atomic E-state index is -1.63. The molecule has 7 amide bonds. The highest BCUT2D eigenvalue weighted by Crippen LogP contribution is 2.29. The van der Waals surface area contributed by atoms with E-state index >= 15 is 0 Å². The zero-order valence-electron chi connectivity index (χ0n) is 22.9. The van der Waals surface area contributed by atoms with Crippen molar-refractivity contribution in [2.75, 3.05) is 13.7 Å². The topological polar surface area (TPSA) is 146 Å². The lowest BCUT2D eigenvalue weighted by atomic mass is 9.85. The molecule has 2 aromatic rings. The Morgan fingerprint density at radius 1 is 0.927 bits per heavy atom. The molecule has 3 aliphatic heterocycles. The molecule has 0 saturated carbocycles. The number of nitrogens with zero attached hydrogens (tertiary/aromatic N) is 1. The summed E-state index contributed by atoms with van der Waals surface area (Å²) in [6.45, 7) is 2.20. The number of rotatable bonds is 9. The number of hydrogen-bond acceptors (Lipinski definition) is 6. The number of hydrogen-bond donors (Lipinski definition) is 4. The second-order valence-electron chi connectivity index (χ2n) is 10.6. The predicted molar refractivity (Wildman–Crippen MR) is 148 cm³/mol. The Morgan fingerprint density at radius 2 is 1.66 bits per heavy atom. The van der Waals surface area contributed by atoms with Crippen molar-refractivity contribution in [3.05, 3.63) is 64.7 Å². The Labute approximate surface area is 237 Å². The predicted octanol–water partition coefficient (Wildman–Crippen LogP) is 1.98. The van der Waals surface area contributed by atoms with Crippen molar-refractivity contribution < 1.29 is 28.7 Å². The van der Waals surface area contributed by atoms with E-state index in [0.717, 1.165) is 30.4 Å². The SMILES string of the molecule is CCCCCC1(Cc2ccc(C#CC3(CN4Cc5ccc(OC)cc5C4=O)NC(=O)NC3=O)cc2)NC(=O)NC1=O. The molecule has 2 fully saturated rings. The molecular formula is C30H31N5O6. The molecule has 3 aliphatic rings. The van der Waals surface area contributed by atoms with Crippen molar-refractivity contribution in [1.82, 2.24) is 26.2 Å². The molecule has 41 heavy (non-hydrogen) atoms. The van der Waals surface area contributed by atoms with E-state index < -0.39 is 29.0 Å². The Hall–Kier alpha value is -4.85. The van der Waals surface area contributed by atoms with Crippen molar-refractivity contribution in [2.24, 2.45) is 0 Å². The normalized spacial score (nSPS) is 22.9. The number of methoxy groups -OCH3 is 1. The number of carbonyl (C=O) groups excluding carboxylic acids is 5. The standard InChI is InChI=1S/C30H31N5O6/c1-3-4-5-13-29(25(37)31-27(39)33-29)16-20-8-6-19(7-9-20)12-14-30(26(38)32-28(40)34-30)18-35-17-21-10-11-22(41-2)15-23(21)24(35)36/h6-11,15H,3-5,13,16-18H2,1-2H3,(H2,31,33,37,39)(H2,32,34,38,40). The highest BCUT2D eigenvalue weighted by atomic mass is 16.5. The Bertz CT molecular complexity index is 1490. The number of nitrogens with one attached hydrogen (secondary N) is 4. The monoisotopic (exact) mass is 557 g/mol. The lowest BCUT2D eigenvalue weighted by Crippen LogP contribution is -2.54. The first kappa shape index (κ1) is 27.7. The molecule has 0 aromatic heterocycles. The summed E-state index contributed by atoms with van der Waals surface area (Å²) in [6, 6.07) is 11.2. The molecule has 2 unspecified atom stereocenters. The van der Waals surface area contributed by atoms with E-state index in [2.05, 4.69) is 40.0 Å². The van der Waals surface area contributed by atoms with Crippen molar-refractivity contribution in [2.45, 2.75) is 56.7 Å². The lowest BCUT2D eigenvalue weighted by molar-refractivity contribution is -0.124. The van der Waals surface area contributed by atoms with Crippen molar-refractivity contribution in [1.29, 1.82) is 0 Å². The van der Waals surface area contributed by atoms with Crippen LogP contribution in [0.25, 0.3) is 0 Å². The number of amides is 7. The van der Waals surface area contributed by atoms with E-state index in [1.54, 1.807) is 30.3 Å². The molecule has 2 aromatic carbocycles. The van der Waals surface area contributed by atoms with E-state index in [9.17, 15) is 24.0 Å². The smallest absolute Gasteiger partial charge is 0.323 e. The minimum absolute atomic E-state index is 0.138. The molecular weight excluding hydrogens is 526 g/mol. The fraction of sp³-hybridized carbons (Fsp3) is 0.367. The third-order valence-electron chi connectivity index (χ3n) is 7.67. The summed E-state index contributed by atoms with van der Waals surface area (Å²) in [5.41, 5.74) is 0.0445. The van der Waals surface area contributed by atoms with Crippen molar-refractivity contribution in [3.8, 4) is 17.6 Å². The summed E-state index contributed by atoms with van der Waals surface area (Å²) in [5.74, 6) is 5.17. The Balaban J connectivity index is 1.34. The Kier molecular flexibility index (Phi) is 7.41. The number of carbonyl (C=O) groups is 5. The number of ether oxygens (including phenoxy) is 1. The molecule has 0 radical (unpaired) electrons. The van der Waals surface area contributed by atoms with Crippen LogP contribution in [0.4, 0.5) is 9.59 Å². The van der Waals surface area contributed by atoms with Crippen LogP contribution in [0.3, 0.4) is 0 Å². The number of imide groups is 2. The molecule has 2 saturated heterocycles. The average Bonchev–Trinajstić information content (AvgIpc) is 3.52. The van der Waals surface area contributed by atoms with Gasteiger partial charge in [0.2, 0.25) is 5.54 Å². The number of benzene rings is 2. The van der Waals surface area contributed by atoms with E-state index in [1.807, 2.05) is 12.1 Å². The third-order valence-corrected chi connectivity index (χ3v) is 7.67. The van der Waals surface area contributed by atoms with Gasteiger partial charge in [-0.3, -0.25) is 25.0 Å². The first-order valence-electron chi connectivity index (χ1n) is 13.5. The average molecular weight is 558 g/mol. The largest absolute Gasteiger partial charge is 0.497 e. The van der Waals surface area contributed by atoms with Gasteiger partial charge in [0, 0.05) is 24.1 Å². The molecule has 3 heterocycles. The maximum atomic E-state index is 13.1. The second kappa shape index (κ2) is 11.0. The molecule has 2 atom stereocenters. The molecule has 4 N–H and O–H groups in total. The number of urea groups is 2. The van der Waals surface area contributed by atoms with Crippen LogP contribution in [0, 0.1) is 11.8 Å². The Morgan fingerprint density at radius 3 is 2.29 bits per heavy atom. The summed E-state index contributed by atoms with van der Waals surface area (Å²) >= 11 is 0. The van der Waals surface area contributed by atoms with Crippen LogP contribution in [0.2, 0.25) is 0 Å². The first-order chi connectivity index (χ1) is 19.7. The summed E-state index contributed by atoms with van der Waals surface area (Å²) < 4.78 is 5.23. The van der Waals surface area contributed by atoms with Crippen molar-refractivity contribution >= 4 is 29.8 Å². The van der Waals surface area contributed by atoms with Gasteiger partial charge in [-0.25, -0.2) is 9.59 Å². The molecule has 0 aliphatic carbocycles. The second-order valence-corrected chi connectivity index (χ2v) is 10.6. The van der Waals surface area contributed by atoms with Crippen LogP contribution in [0.1, 0.15) is 59.7 Å². The molecule has 212 valence electrons. The van der Waals surface area contributed by atoms with Gasteiger partial charge in [0.25, 0.3) is 17.7 Å². The number of unbranched alkanes of at least 4 members (excludes halogenated alkanes) is 2. The fourth-order valence-corrected chi connectivity index (χ4v) is 5.44. The van der Waals surface area contributed by atoms with Crippen LogP contribution in [0.5, 0.6) is 5.75 Å². The van der Waals surface area contributed by atoms with Crippen LogP contribution in [0.15, 0.2) is 42.5 Å². The van der Waals surface area contributed by atoms with Crippen LogP contribution < -0.4 is 26.0 Å². The van der Waals surface area contributed by atoms with Gasteiger partial charge in [0.15, 0.2) is 0 Å². The van der Waals surface area contributed by atoms with Gasteiger partial charge in [-0.2, -0.15) is 0 Å². The zero-order chi connectivity index (χ0) is 29.2. The molecule has 0 bridgehead atoms. The third kappa shape index (κ3) is 5.45. The van der Waals surface area contributed by atoms with E-state index in [1.165, 1.54) is 12.0 Å². The van der Waals surface area contributed by atoms with E-state index in [0.29, 0.717) is 29.7 Å². The highest BCUT2D eigenvalue weighted by molar-refractivity contribution is 6.10. The quantitative estimate of drug-likeness (QED) is 0.211. The summed E-state index contributed by atoms with van der Waals surface area (Å²) in [7, 11) is 1.52. The summed E-state index contributed by atoms with van der Waals surface area (Å²) in [6.07, 6.45) is 3.61. The van der Waals surface area contributed by atoms with Gasteiger partial charge in [-0.1, -0.05) is 56.2 Å². The summed E-state index contributed by atoms with van der Waals surface area (Å²) in [4.78, 5) is 64.2. The maximum Gasteiger partial charge on any atom is 0.323 e. The molecule has 11 nitrogen and oxygen atoms in total. The van der Waals surface area contributed by atoms with Crippen LogP contribution in [-0.4, -0.2) is 59.4 Å². The van der Waals surface area contributed by atoms with Crippen LogP contribution in [-0.2, 0) is 22.6 Å². The first-order valence-corrected chi connectivity index (χ1v) is 13.5. The fourth-order valence-electron chi connectivity index (χ4n) is 5.44. The molecule has 5 rings (SSSR count). The highest BCUT2D eigenvalue weighted by Gasteiger charge is 2.48. The number of fused-ring (bicyclic) bond motifs is 1. The van der Waals surface area contributed by atoms with Gasteiger partial charge in [-0.05, 0) is 41.8 Å². The molecule has 0 spiro atoms. The van der Waals surface area contributed by atoms with Gasteiger partial charge in [0.1, 0.15) is 11.3 Å². The lowest BCUT2D eigenvalue weighted by Gasteiger charge is -2.26.